The second kappa shape index (κ2) is 9.30. The highest BCUT2D eigenvalue weighted by Gasteiger charge is 2.18. The zero-order chi connectivity index (χ0) is 15.8. The number of aliphatic hydroxyl groups excluding tert-OH is 1. The van der Waals surface area contributed by atoms with Gasteiger partial charge in [-0.2, -0.15) is 11.8 Å². The lowest BCUT2D eigenvalue weighted by atomic mass is 10.0. The fourth-order valence-electron chi connectivity index (χ4n) is 2.37. The number of hydrogen-bond acceptors (Lipinski definition) is 5. The van der Waals surface area contributed by atoms with E-state index in [1.54, 1.807) is 26.0 Å². The third-order valence-electron chi connectivity index (χ3n) is 3.66. The lowest BCUT2D eigenvalue weighted by Gasteiger charge is -2.26. The molecule has 120 valence electrons. The molecule has 0 aliphatic heterocycles. The maximum Gasteiger partial charge on any atom is 0.124 e. The average Bonchev–Trinajstić information content (AvgIpc) is 2.48. The fourth-order valence-corrected chi connectivity index (χ4v) is 3.01. The number of methoxy groups -OCH3 is 2. The number of ether oxygens (including phenoxy) is 2. The highest BCUT2D eigenvalue weighted by atomic mass is 32.2. The van der Waals surface area contributed by atoms with Crippen LogP contribution in [0.15, 0.2) is 18.2 Å². The zero-order valence-corrected chi connectivity index (χ0v) is 14.4. The van der Waals surface area contributed by atoms with E-state index in [4.69, 9.17) is 9.47 Å². The molecule has 0 aliphatic rings. The summed E-state index contributed by atoms with van der Waals surface area (Å²) < 4.78 is 10.6. The zero-order valence-electron chi connectivity index (χ0n) is 13.6. The summed E-state index contributed by atoms with van der Waals surface area (Å²) >= 11 is 1.68. The summed E-state index contributed by atoms with van der Waals surface area (Å²) in [6.45, 7) is 4.94. The van der Waals surface area contributed by atoms with Crippen molar-refractivity contribution in [2.75, 3.05) is 27.1 Å². The van der Waals surface area contributed by atoms with Crippen LogP contribution in [0.3, 0.4) is 0 Å². The third-order valence-corrected chi connectivity index (χ3v) is 4.82. The van der Waals surface area contributed by atoms with E-state index >= 15 is 0 Å². The first-order valence-corrected chi connectivity index (χ1v) is 8.41. The largest absolute Gasteiger partial charge is 0.496 e. The molecule has 4 nitrogen and oxygen atoms in total. The van der Waals surface area contributed by atoms with Crippen molar-refractivity contribution in [2.24, 2.45) is 0 Å². The number of hydrogen-bond donors (Lipinski definition) is 2. The number of aliphatic hydroxyl groups is 1. The van der Waals surface area contributed by atoms with Crippen LogP contribution in [0.1, 0.15) is 31.0 Å². The Morgan fingerprint density at radius 3 is 2.52 bits per heavy atom. The molecule has 3 atom stereocenters. The van der Waals surface area contributed by atoms with Gasteiger partial charge in [0, 0.05) is 30.0 Å². The first-order chi connectivity index (χ1) is 10.1. The van der Waals surface area contributed by atoms with Gasteiger partial charge in [-0.1, -0.05) is 6.07 Å². The summed E-state index contributed by atoms with van der Waals surface area (Å²) in [5.41, 5.74) is 2.23. The lowest BCUT2D eigenvalue weighted by molar-refractivity contribution is 0.181. The van der Waals surface area contributed by atoms with Gasteiger partial charge in [0.15, 0.2) is 0 Å². The van der Waals surface area contributed by atoms with E-state index in [1.165, 1.54) is 5.56 Å². The maximum absolute atomic E-state index is 9.37. The van der Waals surface area contributed by atoms with E-state index in [1.807, 2.05) is 12.3 Å². The highest BCUT2D eigenvalue weighted by molar-refractivity contribution is 7.99. The van der Waals surface area contributed by atoms with Crippen LogP contribution >= 0.6 is 11.8 Å². The van der Waals surface area contributed by atoms with Crippen molar-refractivity contribution < 1.29 is 14.6 Å². The van der Waals surface area contributed by atoms with Crippen molar-refractivity contribution in [3.63, 3.8) is 0 Å². The van der Waals surface area contributed by atoms with Crippen LogP contribution in [0, 0.1) is 0 Å². The summed E-state index contributed by atoms with van der Waals surface area (Å²) in [7, 11) is 3.35. The molecule has 0 heterocycles. The van der Waals surface area contributed by atoms with Gasteiger partial charge < -0.3 is 19.9 Å². The molecule has 21 heavy (non-hydrogen) atoms. The summed E-state index contributed by atoms with van der Waals surface area (Å²) in [5, 5.41) is 13.1. The first-order valence-electron chi connectivity index (χ1n) is 7.12. The molecule has 1 rings (SSSR count). The molecule has 0 saturated carbocycles. The maximum atomic E-state index is 9.37. The van der Waals surface area contributed by atoms with Gasteiger partial charge in [0.1, 0.15) is 5.75 Å². The summed E-state index contributed by atoms with van der Waals surface area (Å²) in [6, 6.07) is 6.58. The van der Waals surface area contributed by atoms with Gasteiger partial charge in [-0.25, -0.2) is 0 Å². The molecule has 5 heteroatoms. The molecule has 0 aliphatic carbocycles. The van der Waals surface area contributed by atoms with E-state index in [-0.39, 0.29) is 23.9 Å². The predicted octanol–water partition coefficient (Wildman–Crippen LogP) is 2.60. The standard InChI is InChI=1S/C16H27NO3S/c1-11(17-12(2)16(9-18)21-5)13-6-7-15(20-4)14(8-13)10-19-3/h6-8,11-12,16-18H,9-10H2,1-5H3. The van der Waals surface area contributed by atoms with Crippen LogP contribution in [0.5, 0.6) is 5.75 Å². The fraction of sp³-hybridized carbons (Fsp3) is 0.625. The molecule has 0 saturated heterocycles. The molecule has 0 radical (unpaired) electrons. The van der Waals surface area contributed by atoms with Gasteiger partial charge in [-0.3, -0.25) is 0 Å². The Bertz CT molecular complexity index is 424. The predicted molar refractivity (Wildman–Crippen MR) is 89.1 cm³/mol. The molecule has 2 N–H and O–H groups in total. The molecule has 0 bridgehead atoms. The van der Waals surface area contributed by atoms with Crippen molar-refractivity contribution in [3.8, 4) is 5.75 Å². The van der Waals surface area contributed by atoms with Gasteiger partial charge in [-0.05, 0) is 37.8 Å². The van der Waals surface area contributed by atoms with Gasteiger partial charge in [0.05, 0.1) is 20.3 Å². The first kappa shape index (κ1) is 18.3. The molecule has 0 aromatic heterocycles. The van der Waals surface area contributed by atoms with Crippen LogP contribution < -0.4 is 10.1 Å². The number of nitrogens with one attached hydrogen (secondary N) is 1. The van der Waals surface area contributed by atoms with Crippen molar-refractivity contribution in [1.82, 2.24) is 5.32 Å². The molecule has 0 fully saturated rings. The van der Waals surface area contributed by atoms with Crippen molar-refractivity contribution in [3.05, 3.63) is 29.3 Å². The quantitative estimate of drug-likeness (QED) is 0.734. The molecular weight excluding hydrogens is 286 g/mol. The van der Waals surface area contributed by atoms with Crippen LogP contribution in [0.4, 0.5) is 0 Å². The van der Waals surface area contributed by atoms with Gasteiger partial charge >= 0.3 is 0 Å². The minimum Gasteiger partial charge on any atom is -0.496 e. The Morgan fingerprint density at radius 1 is 1.29 bits per heavy atom. The number of thioether (sulfide) groups is 1. The monoisotopic (exact) mass is 313 g/mol. The Balaban J connectivity index is 2.82. The summed E-state index contributed by atoms with van der Waals surface area (Å²) in [5.74, 6) is 0.846. The molecule has 0 amide bonds. The lowest BCUT2D eigenvalue weighted by Crippen LogP contribution is -2.38. The van der Waals surface area contributed by atoms with Crippen LogP contribution in [0.2, 0.25) is 0 Å². The van der Waals surface area contributed by atoms with E-state index in [0.29, 0.717) is 6.61 Å². The Hall–Kier alpha value is -0.750. The van der Waals surface area contributed by atoms with Crippen molar-refractivity contribution >= 4 is 11.8 Å². The molecule has 0 spiro atoms. The van der Waals surface area contributed by atoms with Crippen LogP contribution in [-0.4, -0.2) is 43.5 Å². The van der Waals surface area contributed by atoms with E-state index in [0.717, 1.165) is 11.3 Å². The van der Waals surface area contributed by atoms with Gasteiger partial charge in [0.25, 0.3) is 0 Å². The normalized spacial score (nSPS) is 15.5. The van der Waals surface area contributed by atoms with Gasteiger partial charge in [0.2, 0.25) is 0 Å². The van der Waals surface area contributed by atoms with E-state index in [9.17, 15) is 5.11 Å². The highest BCUT2D eigenvalue weighted by Crippen LogP contribution is 2.25. The van der Waals surface area contributed by atoms with Crippen molar-refractivity contribution in [2.45, 2.75) is 37.8 Å². The SMILES string of the molecule is COCc1cc(C(C)NC(C)C(CO)SC)ccc1OC. The van der Waals surface area contributed by atoms with Crippen LogP contribution in [-0.2, 0) is 11.3 Å². The molecule has 1 aromatic rings. The average molecular weight is 313 g/mol. The smallest absolute Gasteiger partial charge is 0.124 e. The second-order valence-electron chi connectivity index (χ2n) is 5.14. The molecule has 3 unspecified atom stereocenters. The van der Waals surface area contributed by atoms with E-state index < -0.39 is 0 Å². The van der Waals surface area contributed by atoms with Gasteiger partial charge in [-0.15, -0.1) is 0 Å². The Morgan fingerprint density at radius 2 is 2.00 bits per heavy atom. The summed E-state index contributed by atoms with van der Waals surface area (Å²) in [6.07, 6.45) is 2.02. The summed E-state index contributed by atoms with van der Waals surface area (Å²) in [4.78, 5) is 0. The topological polar surface area (TPSA) is 50.7 Å². The Labute approximate surface area is 132 Å². The second-order valence-corrected chi connectivity index (χ2v) is 6.21. The molecule has 1 aromatic carbocycles. The van der Waals surface area contributed by atoms with E-state index in [2.05, 4.69) is 31.3 Å². The third kappa shape index (κ3) is 5.18. The minimum absolute atomic E-state index is 0.180. The number of rotatable bonds is 9. The van der Waals surface area contributed by atoms with Crippen LogP contribution in [0.25, 0.3) is 0 Å². The molecular formula is C16H27NO3S. The minimum atomic E-state index is 0.180. The Kier molecular flexibility index (Phi) is 8.11. The van der Waals surface area contributed by atoms with Crippen molar-refractivity contribution in [1.29, 1.82) is 0 Å². The number of benzene rings is 1.